The molecule has 0 fully saturated rings. The Labute approximate surface area is 80.1 Å². The molecular weight excluding hydrogens is 186 g/mol. The van der Waals surface area contributed by atoms with Crippen LogP contribution < -0.4 is 0 Å². The van der Waals surface area contributed by atoms with Gasteiger partial charge in [0.15, 0.2) is 11.6 Å². The second-order valence-electron chi connectivity index (χ2n) is 3.25. The summed E-state index contributed by atoms with van der Waals surface area (Å²) in [5.41, 5.74) is 0.794. The Kier molecular flexibility index (Phi) is 2.15. The lowest BCUT2D eigenvalue weighted by atomic mass is 10.0. The van der Waals surface area contributed by atoms with Gasteiger partial charge in [-0.3, -0.25) is 4.79 Å². The summed E-state index contributed by atoms with van der Waals surface area (Å²) in [7, 11) is 0. The zero-order valence-corrected chi connectivity index (χ0v) is 7.39. The predicted octanol–water partition coefficient (Wildman–Crippen LogP) is 2.71. The summed E-state index contributed by atoms with van der Waals surface area (Å²) in [4.78, 5) is 11.0. The lowest BCUT2D eigenvalue weighted by Crippen LogP contribution is -1.94. The zero-order valence-electron chi connectivity index (χ0n) is 7.39. The number of carbonyl (C=O) groups is 1. The van der Waals surface area contributed by atoms with Crippen molar-refractivity contribution in [1.82, 2.24) is 0 Å². The summed E-state index contributed by atoms with van der Waals surface area (Å²) >= 11 is 0. The number of allylic oxidation sites excluding steroid dienone is 2. The average molecular weight is 194 g/mol. The first-order chi connectivity index (χ1) is 6.68. The summed E-state index contributed by atoms with van der Waals surface area (Å²) < 4.78 is 26.1. The van der Waals surface area contributed by atoms with Gasteiger partial charge in [-0.15, -0.1) is 0 Å². The van der Waals surface area contributed by atoms with Gasteiger partial charge in [-0.1, -0.05) is 18.2 Å². The molecule has 1 nitrogen and oxygen atoms in total. The molecule has 0 amide bonds. The summed E-state index contributed by atoms with van der Waals surface area (Å²) in [6.45, 7) is 0. The minimum absolute atomic E-state index is 0.0451. The van der Waals surface area contributed by atoms with Gasteiger partial charge in [-0.25, -0.2) is 8.78 Å². The van der Waals surface area contributed by atoms with Gasteiger partial charge in [0, 0.05) is 18.4 Å². The normalized spacial score (nSPS) is 15.9. The molecule has 2 rings (SSSR count). The van der Waals surface area contributed by atoms with Crippen LogP contribution in [0, 0.1) is 11.6 Å². The van der Waals surface area contributed by atoms with Gasteiger partial charge >= 0.3 is 0 Å². The van der Waals surface area contributed by atoms with Gasteiger partial charge in [0.1, 0.15) is 5.78 Å². The van der Waals surface area contributed by atoms with E-state index in [0.29, 0.717) is 12.0 Å². The highest BCUT2D eigenvalue weighted by atomic mass is 19.2. The molecule has 0 spiro atoms. The van der Waals surface area contributed by atoms with E-state index in [4.69, 9.17) is 0 Å². The molecule has 72 valence electrons. The van der Waals surface area contributed by atoms with Crippen LogP contribution in [0.4, 0.5) is 8.78 Å². The van der Waals surface area contributed by atoms with E-state index in [1.165, 1.54) is 12.1 Å². The highest BCUT2D eigenvalue weighted by Gasteiger charge is 2.18. The fourth-order valence-electron chi connectivity index (χ4n) is 1.55. The van der Waals surface area contributed by atoms with Gasteiger partial charge in [0.2, 0.25) is 0 Å². The third-order valence-corrected chi connectivity index (χ3v) is 2.26. The highest BCUT2D eigenvalue weighted by molar-refractivity contribution is 5.96. The van der Waals surface area contributed by atoms with Crippen LogP contribution in [-0.4, -0.2) is 5.78 Å². The van der Waals surface area contributed by atoms with Crippen LogP contribution in [0.2, 0.25) is 0 Å². The molecule has 1 aliphatic rings. The van der Waals surface area contributed by atoms with Crippen LogP contribution in [0.25, 0.3) is 5.57 Å². The monoisotopic (exact) mass is 194 g/mol. The van der Waals surface area contributed by atoms with E-state index in [1.807, 2.05) is 0 Å². The van der Waals surface area contributed by atoms with E-state index in [9.17, 15) is 13.6 Å². The zero-order chi connectivity index (χ0) is 10.1. The maximum Gasteiger partial charge on any atom is 0.166 e. The number of rotatable bonds is 1. The molecular formula is C11H8F2O. The Morgan fingerprint density at radius 2 is 2.00 bits per heavy atom. The van der Waals surface area contributed by atoms with Crippen molar-refractivity contribution in [3.05, 3.63) is 41.5 Å². The van der Waals surface area contributed by atoms with Crippen molar-refractivity contribution >= 4 is 11.4 Å². The standard InChI is InChI=1S/C11H8F2O/c12-10-3-1-2-9(11(10)13)7-4-5-8(14)6-7/h1-4H,5-6H2. The molecule has 0 radical (unpaired) electrons. The number of benzene rings is 1. The Morgan fingerprint density at radius 3 is 2.64 bits per heavy atom. The van der Waals surface area contributed by atoms with Gasteiger partial charge in [-0.05, 0) is 11.6 Å². The van der Waals surface area contributed by atoms with E-state index >= 15 is 0 Å². The molecule has 1 aromatic rings. The maximum absolute atomic E-state index is 13.3. The van der Waals surface area contributed by atoms with Gasteiger partial charge < -0.3 is 0 Å². The van der Waals surface area contributed by atoms with E-state index in [2.05, 4.69) is 0 Å². The van der Waals surface area contributed by atoms with Crippen LogP contribution in [0.3, 0.4) is 0 Å². The molecule has 0 saturated carbocycles. The Morgan fingerprint density at radius 1 is 1.21 bits per heavy atom. The molecule has 1 aromatic carbocycles. The average Bonchev–Trinajstić information content (AvgIpc) is 2.57. The molecule has 0 bridgehead atoms. The van der Waals surface area contributed by atoms with E-state index < -0.39 is 11.6 Å². The largest absolute Gasteiger partial charge is 0.299 e. The molecule has 0 heterocycles. The number of Topliss-reactive ketones (excluding diaryl/α,β-unsaturated/α-hetero) is 1. The minimum atomic E-state index is -0.872. The van der Waals surface area contributed by atoms with Gasteiger partial charge in [0.05, 0.1) is 0 Å². The fraction of sp³-hybridized carbons (Fsp3) is 0.182. The van der Waals surface area contributed by atoms with Gasteiger partial charge in [-0.2, -0.15) is 0 Å². The summed E-state index contributed by atoms with van der Waals surface area (Å²) in [6, 6.07) is 4.00. The van der Waals surface area contributed by atoms with E-state index in [0.717, 1.165) is 6.07 Å². The molecule has 0 N–H and O–H groups in total. The molecule has 14 heavy (non-hydrogen) atoms. The van der Waals surface area contributed by atoms with Crippen molar-refractivity contribution in [2.24, 2.45) is 0 Å². The maximum atomic E-state index is 13.3. The molecule has 0 aromatic heterocycles. The number of hydrogen-bond acceptors (Lipinski definition) is 1. The van der Waals surface area contributed by atoms with Crippen molar-refractivity contribution in [3.63, 3.8) is 0 Å². The molecule has 3 heteroatoms. The first-order valence-corrected chi connectivity index (χ1v) is 4.33. The predicted molar refractivity (Wildman–Crippen MR) is 48.6 cm³/mol. The first kappa shape index (κ1) is 9.06. The highest BCUT2D eigenvalue weighted by Crippen LogP contribution is 2.28. The quantitative estimate of drug-likeness (QED) is 0.671. The molecule has 0 atom stereocenters. The van der Waals surface area contributed by atoms with Crippen LogP contribution >= 0.6 is 0 Å². The number of ketones is 1. The second-order valence-corrected chi connectivity index (χ2v) is 3.25. The third-order valence-electron chi connectivity index (χ3n) is 2.26. The summed E-state index contributed by atoms with van der Waals surface area (Å²) in [6.07, 6.45) is 2.19. The summed E-state index contributed by atoms with van der Waals surface area (Å²) in [5.74, 6) is -1.69. The van der Waals surface area contributed by atoms with Crippen molar-refractivity contribution in [2.45, 2.75) is 12.8 Å². The van der Waals surface area contributed by atoms with Crippen molar-refractivity contribution in [2.75, 3.05) is 0 Å². The van der Waals surface area contributed by atoms with Crippen molar-refractivity contribution < 1.29 is 13.6 Å². The van der Waals surface area contributed by atoms with Crippen molar-refractivity contribution in [3.8, 4) is 0 Å². The smallest absolute Gasteiger partial charge is 0.166 e. The molecule has 0 saturated heterocycles. The second kappa shape index (κ2) is 3.33. The van der Waals surface area contributed by atoms with Crippen molar-refractivity contribution in [1.29, 1.82) is 0 Å². The van der Waals surface area contributed by atoms with Crippen LogP contribution in [0.5, 0.6) is 0 Å². The molecule has 0 aliphatic heterocycles. The number of hydrogen-bond donors (Lipinski definition) is 0. The molecule has 0 unspecified atom stereocenters. The Bertz CT molecular complexity index is 421. The van der Waals surface area contributed by atoms with Crippen LogP contribution in [0.15, 0.2) is 24.3 Å². The number of carbonyl (C=O) groups excluding carboxylic acids is 1. The molecule has 1 aliphatic carbocycles. The fourth-order valence-corrected chi connectivity index (χ4v) is 1.55. The lowest BCUT2D eigenvalue weighted by Gasteiger charge is -2.03. The van der Waals surface area contributed by atoms with Crippen LogP contribution in [0.1, 0.15) is 18.4 Å². The van der Waals surface area contributed by atoms with Crippen LogP contribution in [-0.2, 0) is 4.79 Å². The van der Waals surface area contributed by atoms with Gasteiger partial charge in [0.25, 0.3) is 0 Å². The van der Waals surface area contributed by atoms with E-state index in [-0.39, 0.29) is 17.8 Å². The minimum Gasteiger partial charge on any atom is -0.299 e. The Balaban J connectivity index is 2.42. The number of halogens is 2. The first-order valence-electron chi connectivity index (χ1n) is 4.33. The van der Waals surface area contributed by atoms with E-state index in [1.54, 1.807) is 6.08 Å². The Hall–Kier alpha value is -1.51. The SMILES string of the molecule is O=C1CC=C(c2cccc(F)c2F)C1. The topological polar surface area (TPSA) is 17.1 Å². The lowest BCUT2D eigenvalue weighted by molar-refractivity contribution is -0.116. The summed E-state index contributed by atoms with van der Waals surface area (Å²) in [5, 5.41) is 0. The third kappa shape index (κ3) is 1.45.